The van der Waals surface area contributed by atoms with E-state index < -0.39 is 0 Å². The van der Waals surface area contributed by atoms with Crippen molar-refractivity contribution in [2.45, 2.75) is 43.1 Å². The fraction of sp³-hybridized carbons (Fsp3) is 0.500. The fourth-order valence-corrected chi connectivity index (χ4v) is 3.42. The molecule has 0 spiro atoms. The minimum Gasteiger partial charge on any atom is -0.397 e. The highest BCUT2D eigenvalue weighted by Crippen LogP contribution is 2.28. The first-order valence-electron chi connectivity index (χ1n) is 8.77. The van der Waals surface area contributed by atoms with Gasteiger partial charge in [-0.1, -0.05) is 17.9 Å². The van der Waals surface area contributed by atoms with Gasteiger partial charge in [-0.05, 0) is 50.5 Å². The summed E-state index contributed by atoms with van der Waals surface area (Å²) in [4.78, 5) is 1.17. The first-order valence-corrected chi connectivity index (χ1v) is 9.99. The van der Waals surface area contributed by atoms with Crippen LogP contribution < -0.4 is 11.1 Å². The van der Waals surface area contributed by atoms with Gasteiger partial charge in [-0.3, -0.25) is 0 Å². The molecular weight excluding hydrogens is 316 g/mol. The van der Waals surface area contributed by atoms with Crippen LogP contribution in [0.2, 0.25) is 0 Å². The average Bonchev–Trinajstić information content (AvgIpc) is 3.45. The molecule has 1 aliphatic heterocycles. The normalized spacial score (nSPS) is 21.0. The molecule has 1 saturated carbocycles. The lowest BCUT2D eigenvalue weighted by molar-refractivity contribution is 0.0188. The molecule has 2 aliphatic rings. The summed E-state index contributed by atoms with van der Waals surface area (Å²) in [5.74, 6) is 7.21. The second kappa shape index (κ2) is 8.50. The molecule has 1 aliphatic carbocycles. The molecule has 1 aromatic rings. The molecule has 1 heterocycles. The topological polar surface area (TPSA) is 47.3 Å². The Bertz CT molecular complexity index is 649. The van der Waals surface area contributed by atoms with Crippen molar-refractivity contribution in [3.8, 4) is 11.8 Å². The van der Waals surface area contributed by atoms with Crippen LogP contribution in [-0.4, -0.2) is 25.5 Å². The van der Waals surface area contributed by atoms with Gasteiger partial charge in [0.05, 0.1) is 11.8 Å². The summed E-state index contributed by atoms with van der Waals surface area (Å²) in [6, 6.07) is 6.28. The Morgan fingerprint density at radius 3 is 2.96 bits per heavy atom. The number of hydrogen-bond acceptors (Lipinski definition) is 4. The van der Waals surface area contributed by atoms with Crippen LogP contribution in [0.3, 0.4) is 0 Å². The molecule has 128 valence electrons. The van der Waals surface area contributed by atoms with Gasteiger partial charge < -0.3 is 15.8 Å². The number of nitrogens with two attached hydrogens (primary N) is 1. The zero-order valence-corrected chi connectivity index (χ0v) is 15.1. The second-order valence-corrected chi connectivity index (χ2v) is 7.30. The summed E-state index contributed by atoms with van der Waals surface area (Å²) < 4.78 is 5.73. The van der Waals surface area contributed by atoms with E-state index in [2.05, 4.69) is 41.6 Å². The predicted octanol–water partition coefficient (Wildman–Crippen LogP) is 3.59. The summed E-state index contributed by atoms with van der Waals surface area (Å²) >= 11 is 1.71. The Labute approximate surface area is 149 Å². The Morgan fingerprint density at radius 1 is 1.38 bits per heavy atom. The molecule has 3 nitrogen and oxygen atoms in total. The first kappa shape index (κ1) is 17.3. The summed E-state index contributed by atoms with van der Waals surface area (Å²) in [7, 11) is 0. The molecule has 1 saturated heterocycles. The van der Waals surface area contributed by atoms with Crippen LogP contribution in [0.5, 0.6) is 0 Å². The van der Waals surface area contributed by atoms with Crippen LogP contribution in [0.1, 0.15) is 43.2 Å². The standard InChI is InChI=1S/C20H26N2OS/c1-24-20-12-16(8-7-15-5-6-15)9-10-18(20)19(21)14-22-13-17-4-2-3-11-23-17/h9-10,12,14-15,17,22H,2-6,11,13,21H2,1H3/b19-14-. The summed E-state index contributed by atoms with van der Waals surface area (Å²) in [5.41, 5.74) is 9.18. The van der Waals surface area contributed by atoms with Gasteiger partial charge in [0.15, 0.2) is 0 Å². The third kappa shape index (κ3) is 4.96. The SMILES string of the molecule is CSc1cc(C#CC2CC2)ccc1/C(N)=C/NCC1CCCCO1. The minimum absolute atomic E-state index is 0.308. The van der Waals surface area contributed by atoms with Crippen molar-refractivity contribution in [1.29, 1.82) is 0 Å². The Hall–Kier alpha value is -1.57. The fourth-order valence-electron chi connectivity index (χ4n) is 2.77. The second-order valence-electron chi connectivity index (χ2n) is 6.46. The molecule has 0 aromatic heterocycles. The average molecular weight is 343 g/mol. The van der Waals surface area contributed by atoms with Gasteiger partial charge >= 0.3 is 0 Å². The van der Waals surface area contributed by atoms with E-state index in [4.69, 9.17) is 10.5 Å². The molecule has 0 amide bonds. The number of benzene rings is 1. The van der Waals surface area contributed by atoms with Crippen LogP contribution in [0.4, 0.5) is 0 Å². The lowest BCUT2D eigenvalue weighted by Crippen LogP contribution is -2.29. The maximum Gasteiger partial charge on any atom is 0.0747 e. The quantitative estimate of drug-likeness (QED) is 0.634. The lowest BCUT2D eigenvalue weighted by atomic mass is 10.1. The van der Waals surface area contributed by atoms with Gasteiger partial charge in [-0.25, -0.2) is 0 Å². The van der Waals surface area contributed by atoms with Crippen molar-refractivity contribution in [2.75, 3.05) is 19.4 Å². The van der Waals surface area contributed by atoms with Crippen LogP contribution in [0.25, 0.3) is 5.70 Å². The summed E-state index contributed by atoms with van der Waals surface area (Å²) in [5, 5.41) is 3.32. The Kier molecular flexibility index (Phi) is 6.12. The number of rotatable bonds is 5. The number of thioether (sulfide) groups is 1. The molecule has 2 fully saturated rings. The molecule has 4 heteroatoms. The van der Waals surface area contributed by atoms with E-state index in [0.717, 1.165) is 36.4 Å². The molecule has 1 unspecified atom stereocenters. The van der Waals surface area contributed by atoms with Crippen molar-refractivity contribution in [3.63, 3.8) is 0 Å². The maximum atomic E-state index is 6.28. The summed E-state index contributed by atoms with van der Waals surface area (Å²) in [6.07, 6.45) is 10.4. The predicted molar refractivity (Wildman–Crippen MR) is 102 cm³/mol. The number of nitrogens with one attached hydrogen (secondary N) is 1. The summed E-state index contributed by atoms with van der Waals surface area (Å²) in [6.45, 7) is 1.70. The van der Waals surface area contributed by atoms with Crippen molar-refractivity contribution < 1.29 is 4.74 Å². The van der Waals surface area contributed by atoms with E-state index in [0.29, 0.717) is 12.0 Å². The van der Waals surface area contributed by atoms with E-state index in [1.165, 1.54) is 30.6 Å². The van der Waals surface area contributed by atoms with Gasteiger partial charge in [0.2, 0.25) is 0 Å². The van der Waals surface area contributed by atoms with Crippen molar-refractivity contribution in [2.24, 2.45) is 11.7 Å². The van der Waals surface area contributed by atoms with Gasteiger partial charge in [0, 0.05) is 41.3 Å². The smallest absolute Gasteiger partial charge is 0.0747 e. The highest BCUT2D eigenvalue weighted by Gasteiger charge is 2.17. The van der Waals surface area contributed by atoms with Crippen molar-refractivity contribution in [1.82, 2.24) is 5.32 Å². The van der Waals surface area contributed by atoms with E-state index in [1.54, 1.807) is 11.8 Å². The zero-order valence-electron chi connectivity index (χ0n) is 14.3. The first-order chi connectivity index (χ1) is 11.8. The molecule has 0 bridgehead atoms. The third-order valence-electron chi connectivity index (χ3n) is 4.39. The Morgan fingerprint density at radius 2 is 2.25 bits per heavy atom. The molecule has 3 rings (SSSR count). The third-order valence-corrected chi connectivity index (χ3v) is 5.17. The largest absolute Gasteiger partial charge is 0.397 e. The number of ether oxygens (including phenoxy) is 1. The minimum atomic E-state index is 0.308. The van der Waals surface area contributed by atoms with Gasteiger partial charge in [0.1, 0.15) is 0 Å². The van der Waals surface area contributed by atoms with E-state index in [-0.39, 0.29) is 0 Å². The van der Waals surface area contributed by atoms with Crippen molar-refractivity contribution >= 4 is 17.5 Å². The molecule has 0 radical (unpaired) electrons. The molecular formula is C20H26N2OS. The lowest BCUT2D eigenvalue weighted by Gasteiger charge is -2.22. The number of hydrogen-bond donors (Lipinski definition) is 2. The van der Waals surface area contributed by atoms with E-state index >= 15 is 0 Å². The molecule has 1 atom stereocenters. The van der Waals surface area contributed by atoms with E-state index in [9.17, 15) is 0 Å². The van der Waals surface area contributed by atoms with Crippen molar-refractivity contribution in [3.05, 3.63) is 35.5 Å². The molecule has 3 N–H and O–H groups in total. The van der Waals surface area contributed by atoms with Gasteiger partial charge in [-0.15, -0.1) is 11.8 Å². The van der Waals surface area contributed by atoms with Gasteiger partial charge in [-0.2, -0.15) is 0 Å². The highest BCUT2D eigenvalue weighted by molar-refractivity contribution is 7.98. The van der Waals surface area contributed by atoms with Crippen LogP contribution in [0.15, 0.2) is 29.3 Å². The van der Waals surface area contributed by atoms with Crippen LogP contribution in [-0.2, 0) is 4.74 Å². The van der Waals surface area contributed by atoms with Crippen LogP contribution >= 0.6 is 11.8 Å². The highest BCUT2D eigenvalue weighted by atomic mass is 32.2. The Balaban J connectivity index is 1.63. The van der Waals surface area contributed by atoms with Gasteiger partial charge in [0.25, 0.3) is 0 Å². The zero-order chi connectivity index (χ0) is 16.8. The van der Waals surface area contributed by atoms with Crippen LogP contribution in [0, 0.1) is 17.8 Å². The monoisotopic (exact) mass is 342 g/mol. The maximum absolute atomic E-state index is 6.28. The molecule has 24 heavy (non-hydrogen) atoms. The molecule has 1 aromatic carbocycles. The van der Waals surface area contributed by atoms with E-state index in [1.807, 2.05) is 6.20 Å².